The van der Waals surface area contributed by atoms with Crippen LogP contribution in [0.2, 0.25) is 0 Å². The second kappa shape index (κ2) is 4.35. The molecule has 1 rings (SSSR count). The van der Waals surface area contributed by atoms with E-state index in [1.54, 1.807) is 0 Å². The van der Waals surface area contributed by atoms with Gasteiger partial charge in [0.1, 0.15) is 16.0 Å². The largest absolute Gasteiger partial charge is 0.464 e. The molecule has 0 saturated heterocycles. The first-order chi connectivity index (χ1) is 6.72. The molecule has 1 aromatic heterocycles. The molecule has 14 heavy (non-hydrogen) atoms. The van der Waals surface area contributed by atoms with Crippen LogP contribution in [-0.2, 0) is 11.2 Å². The molecule has 0 amide bonds. The van der Waals surface area contributed by atoms with E-state index in [1.807, 2.05) is 12.1 Å². The molecular formula is C8H5N3O2S. The summed E-state index contributed by atoms with van der Waals surface area (Å²) in [6, 6.07) is 3.73. The summed E-state index contributed by atoms with van der Waals surface area (Å²) in [7, 11) is 1.22. The van der Waals surface area contributed by atoms with Crippen LogP contribution >= 0.6 is 11.3 Å². The van der Waals surface area contributed by atoms with Gasteiger partial charge in [-0.15, -0.1) is 11.3 Å². The number of hydrogen-bond acceptors (Lipinski definition) is 6. The third kappa shape index (κ3) is 1.87. The van der Waals surface area contributed by atoms with Crippen molar-refractivity contribution in [3.63, 3.8) is 0 Å². The van der Waals surface area contributed by atoms with E-state index in [2.05, 4.69) is 9.72 Å². The van der Waals surface area contributed by atoms with Crippen molar-refractivity contribution in [2.45, 2.75) is 6.42 Å². The van der Waals surface area contributed by atoms with E-state index in [9.17, 15) is 4.79 Å². The number of nitrogens with zero attached hydrogens (tertiary/aromatic N) is 3. The molecule has 6 heteroatoms. The summed E-state index contributed by atoms with van der Waals surface area (Å²) < 4.78 is 4.44. The van der Waals surface area contributed by atoms with Gasteiger partial charge in [-0.25, -0.2) is 9.78 Å². The lowest BCUT2D eigenvalue weighted by Crippen LogP contribution is -2.03. The molecule has 0 aromatic carbocycles. The van der Waals surface area contributed by atoms with Gasteiger partial charge in [0.25, 0.3) is 0 Å². The van der Waals surface area contributed by atoms with Gasteiger partial charge < -0.3 is 4.74 Å². The molecule has 0 spiro atoms. The number of methoxy groups -OCH3 is 1. The molecule has 0 radical (unpaired) electrons. The zero-order chi connectivity index (χ0) is 10.6. The molecule has 0 fully saturated rings. The van der Waals surface area contributed by atoms with E-state index in [0.717, 1.165) is 11.3 Å². The lowest BCUT2D eigenvalue weighted by molar-refractivity contribution is 0.0594. The number of hydrogen-bond donors (Lipinski definition) is 0. The van der Waals surface area contributed by atoms with E-state index >= 15 is 0 Å². The average Bonchev–Trinajstić information content (AvgIpc) is 2.60. The minimum absolute atomic E-state index is 0.00903. The third-order valence-corrected chi connectivity index (χ3v) is 2.34. The van der Waals surface area contributed by atoms with Crippen molar-refractivity contribution in [1.29, 1.82) is 10.5 Å². The van der Waals surface area contributed by atoms with E-state index in [-0.39, 0.29) is 17.0 Å². The van der Waals surface area contributed by atoms with Gasteiger partial charge in [0.05, 0.1) is 19.6 Å². The molecule has 1 heterocycles. The molecule has 0 saturated carbocycles. The highest BCUT2D eigenvalue weighted by Crippen LogP contribution is 2.18. The first-order valence-corrected chi connectivity index (χ1v) is 4.39. The Morgan fingerprint density at radius 1 is 1.64 bits per heavy atom. The fourth-order valence-corrected chi connectivity index (χ4v) is 1.60. The molecule has 0 bridgehead atoms. The molecule has 1 aromatic rings. The Bertz CT molecular complexity index is 438. The number of thiazole rings is 1. The van der Waals surface area contributed by atoms with Crippen molar-refractivity contribution in [3.05, 3.63) is 15.6 Å². The van der Waals surface area contributed by atoms with Crippen molar-refractivity contribution in [1.82, 2.24) is 4.98 Å². The van der Waals surface area contributed by atoms with Crippen LogP contribution in [-0.4, -0.2) is 18.1 Å². The zero-order valence-electron chi connectivity index (χ0n) is 7.27. The van der Waals surface area contributed by atoms with E-state index in [0.29, 0.717) is 5.01 Å². The second-order valence-electron chi connectivity index (χ2n) is 2.22. The zero-order valence-corrected chi connectivity index (χ0v) is 8.09. The second-order valence-corrected chi connectivity index (χ2v) is 3.31. The van der Waals surface area contributed by atoms with Gasteiger partial charge >= 0.3 is 5.97 Å². The van der Waals surface area contributed by atoms with Gasteiger partial charge in [-0.1, -0.05) is 0 Å². The monoisotopic (exact) mass is 207 g/mol. The van der Waals surface area contributed by atoms with E-state index < -0.39 is 5.97 Å². The first-order valence-electron chi connectivity index (χ1n) is 3.58. The minimum atomic E-state index is -0.651. The number of carbonyl (C=O) groups is 1. The highest BCUT2D eigenvalue weighted by atomic mass is 32.1. The fourth-order valence-electron chi connectivity index (χ4n) is 0.818. The standard InChI is InChI=1S/C8H5N3O2S/c1-13-8(12)7-5(4-10)14-6(11-7)2-3-9/h2H2,1H3. The molecule has 0 aliphatic rings. The topological polar surface area (TPSA) is 86.8 Å². The van der Waals surface area contributed by atoms with Gasteiger partial charge in [-0.05, 0) is 0 Å². The molecule has 0 unspecified atom stereocenters. The van der Waals surface area contributed by atoms with Crippen LogP contribution in [0.4, 0.5) is 0 Å². The van der Waals surface area contributed by atoms with Crippen LogP contribution in [0.15, 0.2) is 0 Å². The van der Waals surface area contributed by atoms with Gasteiger partial charge in [0.2, 0.25) is 0 Å². The lowest BCUT2D eigenvalue weighted by atomic mass is 10.4. The molecule has 0 aliphatic carbocycles. The van der Waals surface area contributed by atoms with Gasteiger partial charge in [-0.3, -0.25) is 0 Å². The summed E-state index contributed by atoms with van der Waals surface area (Å²) >= 11 is 1.03. The van der Waals surface area contributed by atoms with Gasteiger partial charge in [0.15, 0.2) is 5.69 Å². The predicted octanol–water partition coefficient (Wildman–Crippen LogP) is 0.867. The summed E-state index contributed by atoms with van der Waals surface area (Å²) in [4.78, 5) is 15.1. The number of esters is 1. The molecule has 0 aliphatic heterocycles. The molecule has 5 nitrogen and oxygen atoms in total. The number of aromatic nitrogens is 1. The maximum atomic E-state index is 11.1. The maximum Gasteiger partial charge on any atom is 0.358 e. The average molecular weight is 207 g/mol. The van der Waals surface area contributed by atoms with Crippen molar-refractivity contribution in [2.24, 2.45) is 0 Å². The first kappa shape index (κ1) is 10.2. The van der Waals surface area contributed by atoms with Crippen LogP contribution < -0.4 is 0 Å². The van der Waals surface area contributed by atoms with Gasteiger partial charge in [-0.2, -0.15) is 10.5 Å². The highest BCUT2D eigenvalue weighted by Gasteiger charge is 2.18. The van der Waals surface area contributed by atoms with Crippen molar-refractivity contribution < 1.29 is 9.53 Å². The van der Waals surface area contributed by atoms with Crippen LogP contribution in [0.1, 0.15) is 20.4 Å². The Labute approximate surface area is 84.2 Å². The molecular weight excluding hydrogens is 202 g/mol. The summed E-state index contributed by atoms with van der Waals surface area (Å²) in [5, 5.41) is 17.5. The summed E-state index contributed by atoms with van der Waals surface area (Å²) in [5.74, 6) is -0.651. The normalized spacial score (nSPS) is 8.79. The minimum Gasteiger partial charge on any atom is -0.464 e. The Hall–Kier alpha value is -1.92. The van der Waals surface area contributed by atoms with E-state index in [1.165, 1.54) is 7.11 Å². The number of ether oxygens (including phenoxy) is 1. The predicted molar refractivity (Wildman–Crippen MR) is 47.5 cm³/mol. The number of rotatable bonds is 2. The van der Waals surface area contributed by atoms with Crippen LogP contribution in [0.25, 0.3) is 0 Å². The fraction of sp³-hybridized carbons (Fsp3) is 0.250. The third-order valence-electron chi connectivity index (χ3n) is 1.38. The summed E-state index contributed by atoms with van der Waals surface area (Å²) in [6.45, 7) is 0. The highest BCUT2D eigenvalue weighted by molar-refractivity contribution is 7.12. The van der Waals surface area contributed by atoms with E-state index in [4.69, 9.17) is 10.5 Å². The molecule has 0 N–H and O–H groups in total. The SMILES string of the molecule is COC(=O)c1nc(CC#N)sc1C#N. The Kier molecular flexibility index (Phi) is 3.16. The van der Waals surface area contributed by atoms with Crippen molar-refractivity contribution >= 4 is 17.3 Å². The van der Waals surface area contributed by atoms with Crippen LogP contribution in [0, 0.1) is 22.7 Å². The Morgan fingerprint density at radius 2 is 2.36 bits per heavy atom. The van der Waals surface area contributed by atoms with Gasteiger partial charge in [0, 0.05) is 0 Å². The van der Waals surface area contributed by atoms with Crippen LogP contribution in [0.5, 0.6) is 0 Å². The molecule has 70 valence electrons. The number of carbonyl (C=O) groups excluding carboxylic acids is 1. The quantitative estimate of drug-likeness (QED) is 0.671. The Balaban J connectivity index is 3.11. The lowest BCUT2D eigenvalue weighted by Gasteiger charge is -1.92. The smallest absolute Gasteiger partial charge is 0.358 e. The van der Waals surface area contributed by atoms with Crippen LogP contribution in [0.3, 0.4) is 0 Å². The van der Waals surface area contributed by atoms with Crippen molar-refractivity contribution in [3.8, 4) is 12.1 Å². The Morgan fingerprint density at radius 3 is 2.86 bits per heavy atom. The summed E-state index contributed by atoms with van der Waals surface area (Å²) in [6.07, 6.45) is 0.0936. The summed E-state index contributed by atoms with van der Waals surface area (Å²) in [5.41, 5.74) is -0.00903. The number of nitriles is 2. The molecule has 0 atom stereocenters. The maximum absolute atomic E-state index is 11.1. The van der Waals surface area contributed by atoms with Crippen molar-refractivity contribution in [2.75, 3.05) is 7.11 Å².